The largest absolute Gasteiger partial charge is 0.381 e. The van der Waals surface area contributed by atoms with Gasteiger partial charge in [0.25, 0.3) is 0 Å². The number of para-hydroxylation sites is 1. The van der Waals surface area contributed by atoms with Crippen molar-refractivity contribution in [2.75, 3.05) is 6.26 Å². The fraction of sp³-hybridized carbons (Fsp3) is 0.234. The summed E-state index contributed by atoms with van der Waals surface area (Å²) in [6.45, 7) is 14.5. The van der Waals surface area contributed by atoms with E-state index in [-0.39, 0.29) is 0 Å². The molecule has 3 aromatic carbocycles. The molecule has 0 saturated carbocycles. The quantitative estimate of drug-likeness (QED) is 0.206. The molecule has 0 radical (unpaired) electrons. The Morgan fingerprint density at radius 3 is 2.25 bits per heavy atom. The third kappa shape index (κ3) is 9.49. The smallest absolute Gasteiger partial charge is 0.0664 e. The summed E-state index contributed by atoms with van der Waals surface area (Å²) in [5.41, 5.74) is 13.2. The van der Waals surface area contributed by atoms with Crippen molar-refractivity contribution >= 4 is 45.8 Å². The van der Waals surface area contributed by atoms with Crippen molar-refractivity contribution in [1.29, 1.82) is 0 Å². The predicted molar refractivity (Wildman–Crippen MR) is 233 cm³/mol. The fourth-order valence-corrected chi connectivity index (χ4v) is 7.65. The average Bonchev–Trinajstić information content (AvgIpc) is 3.54. The molecule has 1 atom stereocenters. The van der Waals surface area contributed by atoms with E-state index in [0.717, 1.165) is 31.3 Å². The number of hydrogen-bond donors (Lipinski definition) is 2. The molecular formula is C47H54N2S2. The van der Waals surface area contributed by atoms with Gasteiger partial charge >= 0.3 is 0 Å². The molecular weight excluding hydrogens is 657 g/mol. The molecule has 4 aromatic rings. The van der Waals surface area contributed by atoms with E-state index in [4.69, 9.17) is 0 Å². The van der Waals surface area contributed by atoms with Crippen LogP contribution >= 0.6 is 24.4 Å². The monoisotopic (exact) mass is 710 g/mol. The lowest BCUT2D eigenvalue weighted by molar-refractivity contribution is 0.737. The maximum atomic E-state index is 4.33. The minimum absolute atomic E-state index is 0.343. The highest BCUT2D eigenvalue weighted by atomic mass is 32.2. The number of dihydropyridines is 1. The Balaban J connectivity index is 0.000000212. The van der Waals surface area contributed by atoms with Gasteiger partial charge in [0.05, 0.1) is 11.6 Å². The second-order valence-electron chi connectivity index (χ2n) is 11.8. The van der Waals surface area contributed by atoms with E-state index in [9.17, 15) is 0 Å². The van der Waals surface area contributed by atoms with Crippen LogP contribution in [-0.2, 0) is 6.42 Å². The van der Waals surface area contributed by atoms with Gasteiger partial charge < -0.3 is 9.88 Å². The zero-order valence-corrected chi connectivity index (χ0v) is 32.9. The number of nitrogens with one attached hydrogen (secondary N) is 1. The third-order valence-corrected chi connectivity index (χ3v) is 9.83. The lowest BCUT2D eigenvalue weighted by atomic mass is 9.91. The van der Waals surface area contributed by atoms with Crippen molar-refractivity contribution in [2.24, 2.45) is 0 Å². The summed E-state index contributed by atoms with van der Waals surface area (Å²) in [4.78, 5) is 1.37. The molecule has 51 heavy (non-hydrogen) atoms. The SMILES string of the molecule is C1=CCCC(C2C=C(c3ccccc3)C=CN2)=C1.C=C1/C=C\C=C/SC2=C1CCc1c2c2ccc(C)cc2n1-c1ccccc1.CC.CC.CS. The fourth-order valence-electron chi connectivity index (χ4n) is 6.62. The van der Waals surface area contributed by atoms with Crippen molar-refractivity contribution < 1.29 is 0 Å². The Kier molecular flexibility index (Phi) is 15.8. The molecule has 0 spiro atoms. The van der Waals surface area contributed by atoms with Crippen LogP contribution in [0, 0.1) is 6.92 Å². The number of allylic oxidation sites excluding steroid dienone is 10. The van der Waals surface area contributed by atoms with Gasteiger partial charge in [0, 0.05) is 27.2 Å². The zero-order valence-electron chi connectivity index (χ0n) is 31.2. The first-order valence-electron chi connectivity index (χ1n) is 18.3. The second-order valence-corrected chi connectivity index (χ2v) is 12.7. The number of fused-ring (bicyclic) bond motifs is 4. The van der Waals surface area contributed by atoms with E-state index in [1.165, 1.54) is 60.6 Å². The molecule has 1 aromatic heterocycles. The maximum absolute atomic E-state index is 4.33. The maximum Gasteiger partial charge on any atom is 0.0664 e. The van der Waals surface area contributed by atoms with Gasteiger partial charge in [0.1, 0.15) is 0 Å². The van der Waals surface area contributed by atoms with Crippen molar-refractivity contribution in [1.82, 2.24) is 9.88 Å². The first kappa shape index (κ1) is 39.4. The molecule has 0 saturated heterocycles. The molecule has 2 aliphatic carbocycles. The van der Waals surface area contributed by atoms with Gasteiger partial charge in [-0.05, 0) is 108 Å². The van der Waals surface area contributed by atoms with Crippen molar-refractivity contribution in [3.63, 3.8) is 0 Å². The molecule has 8 rings (SSSR count). The topological polar surface area (TPSA) is 17.0 Å². The van der Waals surface area contributed by atoms with Crippen LogP contribution in [0.5, 0.6) is 0 Å². The predicted octanol–water partition coefficient (Wildman–Crippen LogP) is 13.4. The number of nitrogens with zero attached hydrogens (tertiary/aromatic N) is 1. The lowest BCUT2D eigenvalue weighted by Gasteiger charge is -2.23. The van der Waals surface area contributed by atoms with Crippen LogP contribution in [0.1, 0.15) is 69.3 Å². The van der Waals surface area contributed by atoms with Gasteiger partial charge in [0.2, 0.25) is 0 Å². The minimum atomic E-state index is 0.343. The van der Waals surface area contributed by atoms with Crippen LogP contribution in [0.2, 0.25) is 0 Å². The highest BCUT2D eigenvalue weighted by molar-refractivity contribution is 8.11. The van der Waals surface area contributed by atoms with Crippen LogP contribution in [0.25, 0.3) is 27.1 Å². The Morgan fingerprint density at radius 1 is 0.824 bits per heavy atom. The number of aryl methyl sites for hydroxylation is 1. The van der Waals surface area contributed by atoms with Gasteiger partial charge in [-0.15, -0.1) is 0 Å². The Labute approximate surface area is 317 Å². The van der Waals surface area contributed by atoms with Crippen molar-refractivity contribution in [2.45, 2.75) is 66.3 Å². The molecule has 2 aliphatic heterocycles. The number of aromatic nitrogens is 1. The summed E-state index contributed by atoms with van der Waals surface area (Å²) in [5, 5.41) is 6.96. The van der Waals surface area contributed by atoms with Crippen LogP contribution in [0.15, 0.2) is 162 Å². The number of thiol groups is 1. The van der Waals surface area contributed by atoms with E-state index in [0.29, 0.717) is 6.04 Å². The molecule has 4 aliphatic rings. The Morgan fingerprint density at radius 2 is 1.55 bits per heavy atom. The Hall–Kier alpha value is -4.38. The lowest BCUT2D eigenvalue weighted by Crippen LogP contribution is -2.27. The molecule has 3 heterocycles. The standard InChI is InChI=1S/C25H21NS.C17H17N.2C2H6.CH4S/c1-17-11-12-21-23(16-17)26(19-9-4-3-5-10-19)22-14-13-20-18(2)8-6-7-15-27-25(20)24(21)22;1-3-7-14(8-4-1)16-11-12-18-17(13-16)15-9-5-2-6-10-15;3*1-2/h3-12,15-16H,2,13-14H2,1H3;1-5,7-9,11-13,17-18H,6,10H2;2*1-2H3;2H,1H3/b8-6-,15-7-;;;;. The van der Waals surface area contributed by atoms with Crippen molar-refractivity contribution in [3.05, 3.63) is 185 Å². The average molecular weight is 711 g/mol. The van der Waals surface area contributed by atoms with Crippen LogP contribution in [0.3, 0.4) is 0 Å². The molecule has 0 fully saturated rings. The number of hydrogen-bond acceptors (Lipinski definition) is 3. The highest BCUT2D eigenvalue weighted by Gasteiger charge is 2.28. The molecule has 1 N–H and O–H groups in total. The summed E-state index contributed by atoms with van der Waals surface area (Å²) in [6.07, 6.45) is 25.6. The van der Waals surface area contributed by atoms with E-state index in [1.54, 1.807) is 6.26 Å². The zero-order chi connectivity index (χ0) is 36.6. The van der Waals surface area contributed by atoms with E-state index >= 15 is 0 Å². The second kappa shape index (κ2) is 20.5. The van der Waals surface area contributed by atoms with E-state index in [1.807, 2.05) is 39.5 Å². The molecule has 4 heteroatoms. The van der Waals surface area contributed by atoms with Gasteiger partial charge in [-0.25, -0.2) is 0 Å². The highest BCUT2D eigenvalue weighted by Crippen LogP contribution is 2.47. The van der Waals surface area contributed by atoms with Gasteiger partial charge in [-0.2, -0.15) is 12.6 Å². The van der Waals surface area contributed by atoms with Crippen LogP contribution in [0.4, 0.5) is 0 Å². The van der Waals surface area contributed by atoms with Crippen LogP contribution in [-0.4, -0.2) is 16.9 Å². The van der Waals surface area contributed by atoms with Gasteiger partial charge in [0.15, 0.2) is 0 Å². The van der Waals surface area contributed by atoms with Gasteiger partial charge in [-0.3, -0.25) is 0 Å². The summed E-state index contributed by atoms with van der Waals surface area (Å²) < 4.78 is 2.46. The summed E-state index contributed by atoms with van der Waals surface area (Å²) in [6, 6.07) is 28.5. The summed E-state index contributed by atoms with van der Waals surface area (Å²) in [7, 11) is 0. The molecule has 1 unspecified atom stereocenters. The molecule has 264 valence electrons. The number of thioether (sulfide) groups is 1. The van der Waals surface area contributed by atoms with Gasteiger partial charge in [-0.1, -0.05) is 149 Å². The first-order valence-corrected chi connectivity index (χ1v) is 20.1. The first-order chi connectivity index (χ1) is 25.2. The van der Waals surface area contributed by atoms with E-state index in [2.05, 4.69) is 175 Å². The Bertz CT molecular complexity index is 1960. The summed E-state index contributed by atoms with van der Waals surface area (Å²) in [5.74, 6) is 0. The normalized spacial score (nSPS) is 18.0. The van der Waals surface area contributed by atoms with Crippen molar-refractivity contribution in [3.8, 4) is 5.69 Å². The van der Waals surface area contributed by atoms with E-state index < -0.39 is 0 Å². The van der Waals surface area contributed by atoms with Crippen LogP contribution < -0.4 is 5.32 Å². The molecule has 2 nitrogen and oxygen atoms in total. The summed E-state index contributed by atoms with van der Waals surface area (Å²) >= 11 is 5.36. The molecule has 0 bridgehead atoms. The minimum Gasteiger partial charge on any atom is -0.381 e. The number of rotatable bonds is 3. The molecule has 0 amide bonds. The third-order valence-electron chi connectivity index (χ3n) is 8.85. The number of benzene rings is 3.